The summed E-state index contributed by atoms with van der Waals surface area (Å²) in [6.07, 6.45) is 11.2. The Morgan fingerprint density at radius 1 is 1.21 bits per heavy atom. The molecular formula is C29H26N4O4S. The average Bonchev–Trinajstić information content (AvgIpc) is 3.57. The molecule has 0 radical (unpaired) electrons. The normalized spacial score (nSPS) is 17.3. The van der Waals surface area contributed by atoms with Crippen molar-refractivity contribution in [2.75, 3.05) is 0 Å². The Morgan fingerprint density at radius 3 is 2.79 bits per heavy atom. The summed E-state index contributed by atoms with van der Waals surface area (Å²) in [5.41, 5.74) is 2.01. The molecule has 1 saturated carbocycles. The Hall–Kier alpha value is -4.16. The van der Waals surface area contributed by atoms with Crippen LogP contribution in [0.4, 0.5) is 5.69 Å². The van der Waals surface area contributed by atoms with Crippen molar-refractivity contribution < 1.29 is 14.5 Å². The van der Waals surface area contributed by atoms with E-state index in [9.17, 15) is 19.7 Å². The highest BCUT2D eigenvalue weighted by Gasteiger charge is 2.31. The molecule has 1 aliphatic rings. The third-order valence-corrected chi connectivity index (χ3v) is 8.20. The van der Waals surface area contributed by atoms with Gasteiger partial charge in [-0.3, -0.25) is 19.7 Å². The number of Topliss-reactive ketones (excluding diaryl/α,β-unsaturated/α-hetero) is 2. The van der Waals surface area contributed by atoms with Gasteiger partial charge in [0.15, 0.2) is 23.1 Å². The van der Waals surface area contributed by atoms with E-state index in [1.54, 1.807) is 31.2 Å². The Kier molecular flexibility index (Phi) is 7.16. The zero-order chi connectivity index (χ0) is 26.8. The topological polar surface area (TPSA) is 108 Å². The smallest absolute Gasteiger partial charge is 0.298 e. The predicted octanol–water partition coefficient (Wildman–Crippen LogP) is 6.65. The fraction of sp³-hybridized carbons (Fsp3) is 0.310. The highest BCUT2D eigenvalue weighted by Crippen LogP contribution is 2.41. The minimum absolute atomic E-state index is 0.00429. The van der Waals surface area contributed by atoms with Gasteiger partial charge in [0.1, 0.15) is 0 Å². The Balaban J connectivity index is 1.54. The number of thiophene rings is 1. The lowest BCUT2D eigenvalue weighted by Gasteiger charge is -2.31. The number of rotatable bonds is 8. The summed E-state index contributed by atoms with van der Waals surface area (Å²) in [4.78, 5) is 47.3. The third-order valence-electron chi connectivity index (χ3n) is 7.14. The third kappa shape index (κ3) is 4.87. The van der Waals surface area contributed by atoms with Crippen molar-refractivity contribution in [1.29, 1.82) is 0 Å². The van der Waals surface area contributed by atoms with Crippen LogP contribution in [0, 0.1) is 28.4 Å². The van der Waals surface area contributed by atoms with E-state index in [1.807, 2.05) is 10.6 Å². The highest BCUT2D eigenvalue weighted by molar-refractivity contribution is 7.14. The molecule has 1 aliphatic carbocycles. The van der Waals surface area contributed by atoms with Crippen LogP contribution in [-0.2, 0) is 0 Å². The number of carbonyl (C=O) groups is 2. The molecule has 2 atom stereocenters. The number of carbonyl (C=O) groups excluding carboxylic acids is 2. The molecular weight excluding hydrogens is 500 g/mol. The van der Waals surface area contributed by atoms with Crippen LogP contribution in [-0.4, -0.2) is 31.0 Å². The summed E-state index contributed by atoms with van der Waals surface area (Å²) in [5, 5.41) is 11.8. The molecule has 0 saturated heterocycles. The largest absolute Gasteiger partial charge is 0.319 e. The molecule has 1 fully saturated rings. The zero-order valence-corrected chi connectivity index (χ0v) is 21.7. The van der Waals surface area contributed by atoms with E-state index in [0.29, 0.717) is 34.6 Å². The molecule has 0 bridgehead atoms. The highest BCUT2D eigenvalue weighted by atomic mass is 32.1. The number of aromatic nitrogens is 3. The van der Waals surface area contributed by atoms with E-state index in [0.717, 1.165) is 36.1 Å². The van der Waals surface area contributed by atoms with Crippen molar-refractivity contribution in [3.63, 3.8) is 0 Å². The van der Waals surface area contributed by atoms with E-state index in [-0.39, 0.29) is 34.9 Å². The van der Waals surface area contributed by atoms with Crippen LogP contribution in [0.15, 0.2) is 48.7 Å². The summed E-state index contributed by atoms with van der Waals surface area (Å²) < 4.78 is 2.03. The van der Waals surface area contributed by atoms with E-state index >= 15 is 0 Å². The van der Waals surface area contributed by atoms with Gasteiger partial charge in [-0.25, -0.2) is 9.97 Å². The zero-order valence-electron chi connectivity index (χ0n) is 20.9. The fourth-order valence-corrected chi connectivity index (χ4v) is 6.11. The number of terminal acetylenes is 1. The monoisotopic (exact) mass is 526 g/mol. The summed E-state index contributed by atoms with van der Waals surface area (Å²) in [7, 11) is 0. The van der Waals surface area contributed by atoms with Crippen LogP contribution in [0.2, 0.25) is 0 Å². The summed E-state index contributed by atoms with van der Waals surface area (Å²) in [6.45, 7) is 1.81. The molecule has 0 spiro atoms. The molecule has 38 heavy (non-hydrogen) atoms. The minimum Gasteiger partial charge on any atom is -0.319 e. The molecule has 0 amide bonds. The second-order valence-electron chi connectivity index (χ2n) is 9.54. The summed E-state index contributed by atoms with van der Waals surface area (Å²) in [5.74, 6) is 3.23. The van der Waals surface area contributed by atoms with E-state index in [1.165, 1.54) is 29.7 Å². The van der Waals surface area contributed by atoms with Gasteiger partial charge in [-0.05, 0) is 61.6 Å². The number of benzene rings is 1. The molecule has 3 aromatic heterocycles. The first-order chi connectivity index (χ1) is 18.4. The van der Waals surface area contributed by atoms with Gasteiger partial charge < -0.3 is 4.57 Å². The Morgan fingerprint density at radius 2 is 2.05 bits per heavy atom. The number of pyridine rings is 1. The Bertz CT molecular complexity index is 1600. The standard InChI is InChI=1S/C29H26N4O4S/c1-3-21-11-13-27(38-21)26(35)16-18-7-5-8-20(15-18)32-23-12-10-19(25(34)4-2)17-22(23)31-29(32)28-24(33(36)37)9-6-14-30-28/h1,6,9-14,17-18,20H,4-5,7-8,15-16H2,2H3/t18-,20+/m1/s1. The lowest BCUT2D eigenvalue weighted by atomic mass is 9.82. The predicted molar refractivity (Wildman–Crippen MR) is 146 cm³/mol. The lowest BCUT2D eigenvalue weighted by Crippen LogP contribution is -2.22. The maximum atomic E-state index is 13.0. The van der Waals surface area contributed by atoms with Crippen LogP contribution in [0.25, 0.3) is 22.6 Å². The van der Waals surface area contributed by atoms with Crippen LogP contribution in [0.5, 0.6) is 0 Å². The molecule has 4 aromatic rings. The van der Waals surface area contributed by atoms with Gasteiger partial charge in [0.25, 0.3) is 5.69 Å². The second-order valence-corrected chi connectivity index (χ2v) is 10.6. The van der Waals surface area contributed by atoms with Crippen LogP contribution >= 0.6 is 11.3 Å². The van der Waals surface area contributed by atoms with Gasteiger partial charge in [0.2, 0.25) is 0 Å². The van der Waals surface area contributed by atoms with Crippen molar-refractivity contribution in [2.24, 2.45) is 5.92 Å². The lowest BCUT2D eigenvalue weighted by molar-refractivity contribution is -0.384. The first-order valence-electron chi connectivity index (χ1n) is 12.6. The van der Waals surface area contributed by atoms with Gasteiger partial charge in [-0.15, -0.1) is 17.8 Å². The van der Waals surface area contributed by atoms with Crippen molar-refractivity contribution in [2.45, 2.75) is 51.5 Å². The second kappa shape index (κ2) is 10.7. The summed E-state index contributed by atoms with van der Waals surface area (Å²) in [6, 6.07) is 11.9. The van der Waals surface area contributed by atoms with Crippen molar-refractivity contribution in [3.05, 3.63) is 74.1 Å². The molecule has 5 rings (SSSR count). The number of nitro groups is 1. The van der Waals surface area contributed by atoms with Gasteiger partial charge >= 0.3 is 0 Å². The first kappa shape index (κ1) is 25.5. The van der Waals surface area contributed by atoms with E-state index in [4.69, 9.17) is 11.4 Å². The SMILES string of the molecule is C#Cc1ccc(C(=O)C[C@@H]2CCC[C@H](n3c(-c4ncccc4[N+](=O)[O-])nc4cc(C(=O)CC)ccc43)C2)s1. The number of nitrogens with zero attached hydrogens (tertiary/aromatic N) is 4. The number of fused-ring (bicyclic) bond motifs is 1. The van der Waals surface area contributed by atoms with Gasteiger partial charge in [0, 0.05) is 36.7 Å². The quantitative estimate of drug-likeness (QED) is 0.110. The average molecular weight is 527 g/mol. The fourth-order valence-electron chi connectivity index (χ4n) is 5.34. The van der Waals surface area contributed by atoms with Crippen LogP contribution in [0.3, 0.4) is 0 Å². The van der Waals surface area contributed by atoms with Gasteiger partial charge in [0.05, 0.1) is 25.7 Å². The molecule has 3 heterocycles. The minimum atomic E-state index is -0.452. The first-order valence-corrected chi connectivity index (χ1v) is 13.5. The van der Waals surface area contributed by atoms with E-state index in [2.05, 4.69) is 10.9 Å². The van der Waals surface area contributed by atoms with Crippen molar-refractivity contribution >= 4 is 39.6 Å². The summed E-state index contributed by atoms with van der Waals surface area (Å²) >= 11 is 1.34. The molecule has 192 valence electrons. The van der Waals surface area contributed by atoms with Crippen LogP contribution in [0.1, 0.15) is 76.4 Å². The van der Waals surface area contributed by atoms with Gasteiger partial charge in [-0.1, -0.05) is 19.3 Å². The molecule has 9 heteroatoms. The van der Waals surface area contributed by atoms with Crippen LogP contribution < -0.4 is 0 Å². The molecule has 0 unspecified atom stereocenters. The Labute approximate surface area is 223 Å². The number of hydrogen-bond donors (Lipinski definition) is 0. The maximum Gasteiger partial charge on any atom is 0.298 e. The molecule has 8 nitrogen and oxygen atoms in total. The molecule has 1 aromatic carbocycles. The molecule has 0 N–H and O–H groups in total. The number of imidazole rings is 1. The van der Waals surface area contributed by atoms with Crippen molar-refractivity contribution in [3.8, 4) is 23.9 Å². The number of hydrogen-bond acceptors (Lipinski definition) is 7. The molecule has 0 aliphatic heterocycles. The van der Waals surface area contributed by atoms with Crippen molar-refractivity contribution in [1.82, 2.24) is 14.5 Å². The van der Waals surface area contributed by atoms with E-state index < -0.39 is 4.92 Å². The number of ketones is 2. The van der Waals surface area contributed by atoms with Gasteiger partial charge in [-0.2, -0.15) is 0 Å². The maximum absolute atomic E-state index is 13.0.